The molecule has 0 amide bonds. The fourth-order valence-electron chi connectivity index (χ4n) is 2.21. The van der Waals surface area contributed by atoms with Gasteiger partial charge in [-0.25, -0.2) is 9.78 Å². The van der Waals surface area contributed by atoms with Crippen molar-refractivity contribution in [2.45, 2.75) is 13.3 Å². The van der Waals surface area contributed by atoms with Crippen LogP contribution >= 0.6 is 46.8 Å². The van der Waals surface area contributed by atoms with Crippen LogP contribution in [0.4, 0.5) is 0 Å². The fraction of sp³-hybridized carbons (Fsp3) is 0.188. The van der Waals surface area contributed by atoms with Crippen LogP contribution in [0.2, 0.25) is 10.0 Å². The Morgan fingerprint density at radius 1 is 1.33 bits per heavy atom. The van der Waals surface area contributed by atoms with Crippen LogP contribution < -0.4 is 0 Å². The van der Waals surface area contributed by atoms with Gasteiger partial charge in [0.25, 0.3) is 0 Å². The second-order valence-electron chi connectivity index (χ2n) is 4.99. The van der Waals surface area contributed by atoms with Gasteiger partial charge in [0.15, 0.2) is 0 Å². The molecule has 124 valence electrons. The molecule has 0 aliphatic carbocycles. The zero-order chi connectivity index (χ0) is 17.3. The first-order valence-electron chi connectivity index (χ1n) is 7.11. The van der Waals surface area contributed by atoms with E-state index in [-0.39, 0.29) is 5.97 Å². The lowest BCUT2D eigenvalue weighted by Crippen LogP contribution is -2.01. The molecule has 0 bridgehead atoms. The van der Waals surface area contributed by atoms with E-state index < -0.39 is 0 Å². The van der Waals surface area contributed by atoms with Crippen molar-refractivity contribution < 1.29 is 9.53 Å². The summed E-state index contributed by atoms with van der Waals surface area (Å²) in [5.41, 5.74) is 0.962. The van der Waals surface area contributed by atoms with Crippen molar-refractivity contribution in [3.63, 3.8) is 0 Å². The number of benzene rings is 1. The number of nitrogens with zero attached hydrogens (tertiary/aromatic N) is 1. The highest BCUT2D eigenvalue weighted by atomic mass is 35.5. The van der Waals surface area contributed by atoms with E-state index in [4.69, 9.17) is 40.2 Å². The number of fused-ring (bicyclic) bond motifs is 1. The highest BCUT2D eigenvalue weighted by Crippen LogP contribution is 2.27. The Labute approximate surface area is 157 Å². The number of hydrogen-bond acceptors (Lipinski definition) is 5. The van der Waals surface area contributed by atoms with E-state index in [1.807, 2.05) is 6.07 Å². The predicted molar refractivity (Wildman–Crippen MR) is 100 cm³/mol. The van der Waals surface area contributed by atoms with Gasteiger partial charge in [0.05, 0.1) is 16.7 Å². The second kappa shape index (κ2) is 7.19. The van der Waals surface area contributed by atoms with E-state index in [2.05, 4.69) is 9.97 Å². The number of aromatic amines is 1. The number of carbonyl (C=O) groups excluding carboxylic acids is 1. The number of halogens is 2. The second-order valence-corrected chi connectivity index (χ2v) is 7.24. The average Bonchev–Trinajstić information content (AvgIpc) is 2.96. The minimum Gasteiger partial charge on any atom is -0.462 e. The van der Waals surface area contributed by atoms with Crippen molar-refractivity contribution in [2.24, 2.45) is 0 Å². The summed E-state index contributed by atoms with van der Waals surface area (Å²) in [6, 6.07) is 7.14. The number of hydrogen-bond donors (Lipinski definition) is 1. The third kappa shape index (κ3) is 3.62. The Hall–Kier alpha value is -1.47. The molecule has 3 rings (SSSR count). The summed E-state index contributed by atoms with van der Waals surface area (Å²) in [6.45, 7) is 2.10. The van der Waals surface area contributed by atoms with Crippen LogP contribution in [0.5, 0.6) is 0 Å². The molecule has 0 aliphatic rings. The highest BCUT2D eigenvalue weighted by molar-refractivity contribution is 7.71. The van der Waals surface area contributed by atoms with Crippen LogP contribution in [-0.2, 0) is 11.2 Å². The lowest BCUT2D eigenvalue weighted by Gasteiger charge is -2.04. The minimum atomic E-state index is -0.360. The molecular weight excluding hydrogens is 387 g/mol. The molecule has 0 radical (unpaired) electrons. The largest absolute Gasteiger partial charge is 0.462 e. The molecular formula is C16H12Cl2N2O2S2. The Kier molecular flexibility index (Phi) is 5.20. The summed E-state index contributed by atoms with van der Waals surface area (Å²) >= 11 is 18.6. The first-order chi connectivity index (χ1) is 11.5. The van der Waals surface area contributed by atoms with Crippen molar-refractivity contribution in [1.82, 2.24) is 9.97 Å². The van der Waals surface area contributed by atoms with Crippen molar-refractivity contribution in [3.05, 3.63) is 55.2 Å². The van der Waals surface area contributed by atoms with Crippen LogP contribution in [0.3, 0.4) is 0 Å². The van der Waals surface area contributed by atoms with Gasteiger partial charge in [-0.1, -0.05) is 41.5 Å². The molecule has 24 heavy (non-hydrogen) atoms. The van der Waals surface area contributed by atoms with Gasteiger partial charge in [0, 0.05) is 11.8 Å². The number of H-pyrrole nitrogens is 1. The van der Waals surface area contributed by atoms with Crippen molar-refractivity contribution in [2.75, 3.05) is 6.61 Å². The highest BCUT2D eigenvalue weighted by Gasteiger charge is 2.14. The molecule has 0 spiro atoms. The zero-order valence-electron chi connectivity index (χ0n) is 12.6. The Morgan fingerprint density at radius 2 is 2.12 bits per heavy atom. The number of nitrogens with one attached hydrogen (secondary N) is 1. The van der Waals surface area contributed by atoms with Gasteiger partial charge in [-0.3, -0.25) is 0 Å². The maximum absolute atomic E-state index is 11.9. The molecule has 1 N–H and O–H groups in total. The average molecular weight is 399 g/mol. The smallest absolute Gasteiger partial charge is 0.348 e. The van der Waals surface area contributed by atoms with Gasteiger partial charge in [-0.2, -0.15) is 0 Å². The fourth-order valence-corrected chi connectivity index (χ4v) is 3.82. The van der Waals surface area contributed by atoms with Crippen LogP contribution in [-0.4, -0.2) is 22.5 Å². The van der Waals surface area contributed by atoms with E-state index in [1.54, 1.807) is 25.1 Å². The number of esters is 1. The third-order valence-electron chi connectivity index (χ3n) is 3.28. The molecule has 0 aliphatic heterocycles. The monoisotopic (exact) mass is 398 g/mol. The van der Waals surface area contributed by atoms with Gasteiger partial charge >= 0.3 is 5.97 Å². The van der Waals surface area contributed by atoms with Crippen molar-refractivity contribution in [3.8, 4) is 0 Å². The topological polar surface area (TPSA) is 55.0 Å². The Bertz CT molecular complexity index is 982. The molecule has 1 aromatic carbocycles. The van der Waals surface area contributed by atoms with Gasteiger partial charge in [0.2, 0.25) is 0 Å². The predicted octanol–water partition coefficient (Wildman–Crippen LogP) is 5.43. The summed E-state index contributed by atoms with van der Waals surface area (Å²) in [5, 5.41) is 1.75. The molecule has 4 nitrogen and oxygen atoms in total. The van der Waals surface area contributed by atoms with Gasteiger partial charge < -0.3 is 9.72 Å². The first-order valence-corrected chi connectivity index (χ1v) is 9.09. The molecule has 8 heteroatoms. The molecule has 0 atom stereocenters. The third-order valence-corrected chi connectivity index (χ3v) is 5.35. The van der Waals surface area contributed by atoms with Gasteiger partial charge in [-0.15, -0.1) is 11.3 Å². The molecule has 2 heterocycles. The maximum Gasteiger partial charge on any atom is 0.348 e. The SMILES string of the molecule is CCOC(=O)c1cc2c(=S)[nH]c(Cc3ccc(Cl)c(Cl)c3)nc2s1. The van der Waals surface area contributed by atoms with E-state index >= 15 is 0 Å². The van der Waals surface area contributed by atoms with Crippen LogP contribution in [0.1, 0.15) is 28.0 Å². The summed E-state index contributed by atoms with van der Waals surface area (Å²) in [4.78, 5) is 20.7. The summed E-state index contributed by atoms with van der Waals surface area (Å²) in [7, 11) is 0. The maximum atomic E-state index is 11.9. The molecule has 3 aromatic rings. The molecule has 2 aromatic heterocycles. The number of thiophene rings is 1. The lowest BCUT2D eigenvalue weighted by atomic mass is 10.1. The Balaban J connectivity index is 1.96. The van der Waals surface area contributed by atoms with E-state index in [0.29, 0.717) is 43.2 Å². The molecule has 0 saturated carbocycles. The van der Waals surface area contributed by atoms with Gasteiger partial charge in [0.1, 0.15) is 20.2 Å². The lowest BCUT2D eigenvalue weighted by molar-refractivity contribution is 0.0532. The van der Waals surface area contributed by atoms with Crippen molar-refractivity contribution >= 4 is 62.9 Å². The summed E-state index contributed by atoms with van der Waals surface area (Å²) in [5.74, 6) is 0.337. The summed E-state index contributed by atoms with van der Waals surface area (Å²) < 4.78 is 5.56. The van der Waals surface area contributed by atoms with Crippen molar-refractivity contribution in [1.29, 1.82) is 0 Å². The van der Waals surface area contributed by atoms with Crippen LogP contribution in [0.25, 0.3) is 10.2 Å². The molecule has 0 unspecified atom stereocenters. The van der Waals surface area contributed by atoms with E-state index in [0.717, 1.165) is 10.9 Å². The van der Waals surface area contributed by atoms with E-state index in [1.165, 1.54) is 11.3 Å². The van der Waals surface area contributed by atoms with E-state index in [9.17, 15) is 4.79 Å². The zero-order valence-corrected chi connectivity index (χ0v) is 15.7. The minimum absolute atomic E-state index is 0.329. The molecule has 0 fully saturated rings. The van der Waals surface area contributed by atoms with Gasteiger partial charge in [-0.05, 0) is 30.7 Å². The molecule has 0 saturated heterocycles. The van der Waals surface area contributed by atoms with Crippen LogP contribution in [0, 0.1) is 4.64 Å². The van der Waals surface area contributed by atoms with Crippen LogP contribution in [0.15, 0.2) is 24.3 Å². The summed E-state index contributed by atoms with van der Waals surface area (Å²) in [6.07, 6.45) is 0.531. The Morgan fingerprint density at radius 3 is 2.83 bits per heavy atom. The number of carbonyl (C=O) groups is 1. The number of rotatable bonds is 4. The number of ether oxygens (including phenoxy) is 1. The first kappa shape index (κ1) is 17.4. The standard InChI is InChI=1S/C16H12Cl2N2O2S2/c1-2-22-16(21)12-7-9-14(23)19-13(20-15(9)24-12)6-8-3-4-10(17)11(18)5-8/h3-5,7H,2,6H2,1H3,(H,19,20,23). The quantitative estimate of drug-likeness (QED) is 0.470. The number of aromatic nitrogens is 2. The normalized spacial score (nSPS) is 11.0.